The first-order valence-corrected chi connectivity index (χ1v) is 7.66. The summed E-state index contributed by atoms with van der Waals surface area (Å²) in [6.07, 6.45) is 0. The van der Waals surface area contributed by atoms with Gasteiger partial charge in [0.25, 0.3) is 5.69 Å². The lowest BCUT2D eigenvalue weighted by Gasteiger charge is -2.24. The Morgan fingerprint density at radius 1 is 1.22 bits per heavy atom. The number of hydrogen-bond acceptors (Lipinski definition) is 4. The Morgan fingerprint density at radius 2 is 1.96 bits per heavy atom. The molecule has 0 radical (unpaired) electrons. The van der Waals surface area contributed by atoms with Crippen LogP contribution < -0.4 is 4.90 Å². The number of halogens is 2. The fraction of sp³-hybridized carbons (Fsp3) is 0.133. The van der Waals surface area contributed by atoms with Gasteiger partial charge in [0.05, 0.1) is 21.9 Å². The Kier molecular flexibility index (Phi) is 3.99. The summed E-state index contributed by atoms with van der Waals surface area (Å²) in [7, 11) is 0. The van der Waals surface area contributed by atoms with Gasteiger partial charge in [0.15, 0.2) is 0 Å². The molecule has 2 aromatic carbocycles. The molecule has 1 saturated heterocycles. The van der Waals surface area contributed by atoms with Crippen LogP contribution in [0.1, 0.15) is 10.9 Å². The SMILES string of the molecule is O=C1CS[C@@H](c2ccccc2[N+](=O)[O-])N1c1ccc(F)cc1F. The van der Waals surface area contributed by atoms with E-state index >= 15 is 0 Å². The molecule has 1 aliphatic rings. The van der Waals surface area contributed by atoms with Gasteiger partial charge in [-0.15, -0.1) is 11.8 Å². The van der Waals surface area contributed by atoms with E-state index in [0.29, 0.717) is 11.6 Å². The zero-order chi connectivity index (χ0) is 16.6. The molecule has 1 heterocycles. The average molecular weight is 336 g/mol. The maximum atomic E-state index is 14.0. The Bertz CT molecular complexity index is 800. The van der Waals surface area contributed by atoms with E-state index < -0.39 is 21.9 Å². The molecule has 2 aromatic rings. The third kappa shape index (κ3) is 2.77. The van der Waals surface area contributed by atoms with Crippen molar-refractivity contribution in [2.75, 3.05) is 10.7 Å². The van der Waals surface area contributed by atoms with Crippen molar-refractivity contribution in [3.05, 3.63) is 69.8 Å². The molecule has 0 spiro atoms. The van der Waals surface area contributed by atoms with Crippen molar-refractivity contribution in [1.29, 1.82) is 0 Å². The summed E-state index contributed by atoms with van der Waals surface area (Å²) in [5, 5.41) is 10.5. The quantitative estimate of drug-likeness (QED) is 0.634. The second-order valence-electron chi connectivity index (χ2n) is 4.84. The van der Waals surface area contributed by atoms with Crippen molar-refractivity contribution >= 4 is 29.0 Å². The van der Waals surface area contributed by atoms with Crippen LogP contribution in [-0.4, -0.2) is 16.6 Å². The number of rotatable bonds is 3. The van der Waals surface area contributed by atoms with Crippen LogP contribution in [0.4, 0.5) is 20.2 Å². The van der Waals surface area contributed by atoms with Gasteiger partial charge in [-0.05, 0) is 18.2 Å². The van der Waals surface area contributed by atoms with E-state index in [1.807, 2.05) is 0 Å². The summed E-state index contributed by atoms with van der Waals surface area (Å²) < 4.78 is 27.1. The van der Waals surface area contributed by atoms with Crippen molar-refractivity contribution in [2.24, 2.45) is 0 Å². The molecule has 0 unspecified atom stereocenters. The molecule has 0 aliphatic carbocycles. The maximum absolute atomic E-state index is 14.0. The molecule has 5 nitrogen and oxygen atoms in total. The van der Waals surface area contributed by atoms with Crippen molar-refractivity contribution < 1.29 is 18.5 Å². The van der Waals surface area contributed by atoms with Crippen LogP contribution >= 0.6 is 11.8 Å². The zero-order valence-corrected chi connectivity index (χ0v) is 12.4. The lowest BCUT2D eigenvalue weighted by atomic mass is 10.1. The van der Waals surface area contributed by atoms with Gasteiger partial charge in [-0.3, -0.25) is 19.8 Å². The Hall–Kier alpha value is -2.48. The van der Waals surface area contributed by atoms with Crippen molar-refractivity contribution in [3.8, 4) is 0 Å². The highest BCUT2D eigenvalue weighted by Crippen LogP contribution is 2.45. The Morgan fingerprint density at radius 3 is 2.65 bits per heavy atom. The lowest BCUT2D eigenvalue weighted by Crippen LogP contribution is -2.29. The second kappa shape index (κ2) is 5.96. The normalized spacial score (nSPS) is 17.6. The van der Waals surface area contributed by atoms with Crippen LogP contribution in [0.25, 0.3) is 0 Å². The fourth-order valence-corrected chi connectivity index (χ4v) is 3.65. The van der Waals surface area contributed by atoms with Gasteiger partial charge in [0.2, 0.25) is 5.91 Å². The largest absolute Gasteiger partial charge is 0.292 e. The molecule has 0 saturated carbocycles. The van der Waals surface area contributed by atoms with Crippen LogP contribution in [0.15, 0.2) is 42.5 Å². The van der Waals surface area contributed by atoms with E-state index in [9.17, 15) is 23.7 Å². The highest BCUT2D eigenvalue weighted by atomic mass is 32.2. The van der Waals surface area contributed by atoms with Crippen LogP contribution in [-0.2, 0) is 4.79 Å². The minimum absolute atomic E-state index is 0.0630. The van der Waals surface area contributed by atoms with E-state index in [0.717, 1.165) is 28.8 Å². The van der Waals surface area contributed by atoms with Crippen molar-refractivity contribution in [1.82, 2.24) is 0 Å². The second-order valence-corrected chi connectivity index (χ2v) is 5.91. The van der Waals surface area contributed by atoms with Crippen LogP contribution in [0.3, 0.4) is 0 Å². The highest BCUT2D eigenvalue weighted by molar-refractivity contribution is 8.00. The van der Waals surface area contributed by atoms with E-state index in [1.54, 1.807) is 6.07 Å². The van der Waals surface area contributed by atoms with E-state index in [2.05, 4.69) is 0 Å². The monoisotopic (exact) mass is 336 g/mol. The number of amides is 1. The number of para-hydroxylation sites is 1. The van der Waals surface area contributed by atoms with Gasteiger partial charge in [-0.1, -0.05) is 12.1 Å². The molecule has 8 heteroatoms. The molecular formula is C15H10F2N2O3S. The Labute approximate surface area is 134 Å². The Balaban J connectivity index is 2.09. The van der Waals surface area contributed by atoms with Gasteiger partial charge < -0.3 is 0 Å². The molecule has 118 valence electrons. The van der Waals surface area contributed by atoms with Crippen molar-refractivity contribution in [2.45, 2.75) is 5.37 Å². The third-order valence-electron chi connectivity index (χ3n) is 3.44. The fourth-order valence-electron chi connectivity index (χ4n) is 2.45. The van der Waals surface area contributed by atoms with E-state index in [-0.39, 0.29) is 23.0 Å². The predicted molar refractivity (Wildman–Crippen MR) is 82.1 cm³/mol. The topological polar surface area (TPSA) is 63.4 Å². The van der Waals surface area contributed by atoms with Gasteiger partial charge in [-0.25, -0.2) is 8.78 Å². The minimum atomic E-state index is -0.885. The number of nitrogens with zero attached hydrogens (tertiary/aromatic N) is 2. The number of carbonyl (C=O) groups is 1. The van der Waals surface area contributed by atoms with Crippen LogP contribution in [0, 0.1) is 21.7 Å². The highest BCUT2D eigenvalue weighted by Gasteiger charge is 2.38. The first-order chi connectivity index (χ1) is 11.0. The predicted octanol–water partition coefficient (Wildman–Crippen LogP) is 3.65. The minimum Gasteiger partial charge on any atom is -0.292 e. The van der Waals surface area contributed by atoms with Crippen LogP contribution in [0.5, 0.6) is 0 Å². The number of nitro benzene ring substituents is 1. The molecule has 23 heavy (non-hydrogen) atoms. The molecule has 3 rings (SSSR count). The molecule has 1 atom stereocenters. The summed E-state index contributed by atoms with van der Waals surface area (Å²) in [5.74, 6) is -1.96. The molecule has 1 aliphatic heterocycles. The van der Waals surface area contributed by atoms with Gasteiger partial charge in [0, 0.05) is 12.1 Å². The number of anilines is 1. The maximum Gasteiger partial charge on any atom is 0.275 e. The number of benzene rings is 2. The summed E-state index contributed by atoms with van der Waals surface area (Å²) in [6, 6.07) is 8.89. The summed E-state index contributed by atoms with van der Waals surface area (Å²) >= 11 is 1.16. The first kappa shape index (κ1) is 15.4. The first-order valence-electron chi connectivity index (χ1n) is 6.61. The van der Waals surface area contributed by atoms with Gasteiger partial charge in [0.1, 0.15) is 17.0 Å². The molecule has 0 N–H and O–H groups in total. The number of thioether (sulfide) groups is 1. The standard InChI is InChI=1S/C15H10F2N2O3S/c16-9-5-6-13(11(17)7-9)18-14(20)8-23-15(18)10-3-1-2-4-12(10)19(21)22/h1-7,15H,8H2/t15-/m0/s1. The number of nitro groups is 1. The lowest BCUT2D eigenvalue weighted by molar-refractivity contribution is -0.385. The smallest absolute Gasteiger partial charge is 0.275 e. The molecule has 1 amide bonds. The molecule has 1 fully saturated rings. The average Bonchev–Trinajstić information content (AvgIpc) is 2.89. The number of hydrogen-bond donors (Lipinski definition) is 0. The van der Waals surface area contributed by atoms with Crippen LogP contribution in [0.2, 0.25) is 0 Å². The summed E-state index contributed by atoms with van der Waals surface area (Å²) in [5.41, 5.74) is 0.0637. The zero-order valence-electron chi connectivity index (χ0n) is 11.6. The molecule has 0 aromatic heterocycles. The molecular weight excluding hydrogens is 326 g/mol. The van der Waals surface area contributed by atoms with Crippen molar-refractivity contribution in [3.63, 3.8) is 0 Å². The van der Waals surface area contributed by atoms with E-state index in [4.69, 9.17) is 0 Å². The van der Waals surface area contributed by atoms with Gasteiger partial charge in [-0.2, -0.15) is 0 Å². The van der Waals surface area contributed by atoms with Gasteiger partial charge >= 0.3 is 0 Å². The third-order valence-corrected chi connectivity index (χ3v) is 4.63. The summed E-state index contributed by atoms with van der Waals surface area (Å²) in [4.78, 5) is 23.9. The number of carbonyl (C=O) groups excluding carboxylic acids is 1. The van der Waals surface area contributed by atoms with E-state index in [1.165, 1.54) is 18.2 Å². The summed E-state index contributed by atoms with van der Waals surface area (Å²) in [6.45, 7) is 0. The molecule has 0 bridgehead atoms.